The molecule has 1 heterocycles. The Morgan fingerprint density at radius 3 is 2.45 bits per heavy atom. The lowest BCUT2D eigenvalue weighted by Gasteiger charge is -2.39. The van der Waals surface area contributed by atoms with E-state index in [1.165, 1.54) is 18.4 Å². The summed E-state index contributed by atoms with van der Waals surface area (Å²) in [5.41, 5.74) is 0.593. The second-order valence-electron chi connectivity index (χ2n) is 7.57. The molecule has 2 rings (SSSR count). The first kappa shape index (κ1) is 26.1. The van der Waals surface area contributed by atoms with Crippen molar-refractivity contribution in [2.75, 3.05) is 39.5 Å². The normalized spacial score (nSPS) is 19.0. The molecule has 1 N–H and O–H groups in total. The Balaban J connectivity index is 0.00000420. The molecule has 0 spiro atoms. The number of hydrogen-bond donors (Lipinski definition) is 1. The van der Waals surface area contributed by atoms with Gasteiger partial charge in [0.05, 0.1) is 21.9 Å². The van der Waals surface area contributed by atoms with Crippen molar-refractivity contribution in [1.29, 1.82) is 0 Å². The van der Waals surface area contributed by atoms with Crippen molar-refractivity contribution in [3.05, 3.63) is 29.8 Å². The van der Waals surface area contributed by atoms with Crippen LogP contribution in [0.5, 0.6) is 0 Å². The summed E-state index contributed by atoms with van der Waals surface area (Å²) in [4.78, 5) is 6.76. The van der Waals surface area contributed by atoms with E-state index < -0.39 is 24.6 Å². The SMILES string of the molecule is CCNC(=NCc1ccccc1S(=O)(=O)N(C)C)N1CCS(=O)(=O)C(C)(C)C1.I. The Kier molecular flexibility index (Phi) is 8.94. The number of sulfonamides is 1. The van der Waals surface area contributed by atoms with Crippen LogP contribution in [0.1, 0.15) is 26.3 Å². The highest BCUT2D eigenvalue weighted by Crippen LogP contribution is 2.24. The van der Waals surface area contributed by atoms with Gasteiger partial charge in [-0.3, -0.25) is 0 Å². The number of aliphatic imine (C=N–C) groups is 1. The molecule has 1 aromatic carbocycles. The minimum atomic E-state index is -3.58. The fraction of sp³-hybridized carbons (Fsp3) is 0.611. The van der Waals surface area contributed by atoms with E-state index in [4.69, 9.17) is 0 Å². The molecule has 1 saturated heterocycles. The predicted molar refractivity (Wildman–Crippen MR) is 127 cm³/mol. The Bertz CT molecular complexity index is 944. The highest BCUT2D eigenvalue weighted by molar-refractivity contribution is 14.0. The molecule has 166 valence electrons. The summed E-state index contributed by atoms with van der Waals surface area (Å²) in [6.07, 6.45) is 0. The molecule has 0 radical (unpaired) electrons. The molecular weight excluding hydrogens is 527 g/mol. The fourth-order valence-electron chi connectivity index (χ4n) is 2.99. The second-order valence-corrected chi connectivity index (χ2v) is 12.4. The summed E-state index contributed by atoms with van der Waals surface area (Å²) < 4.78 is 50.0. The molecule has 1 aliphatic heterocycles. The van der Waals surface area contributed by atoms with Gasteiger partial charge in [-0.1, -0.05) is 18.2 Å². The molecule has 0 aromatic heterocycles. The van der Waals surface area contributed by atoms with E-state index in [0.717, 1.165) is 0 Å². The molecule has 1 aliphatic rings. The van der Waals surface area contributed by atoms with Crippen molar-refractivity contribution >= 4 is 49.8 Å². The third-order valence-electron chi connectivity index (χ3n) is 4.81. The van der Waals surface area contributed by atoms with Gasteiger partial charge in [0.25, 0.3) is 0 Å². The average Bonchev–Trinajstić information content (AvgIpc) is 2.61. The molecule has 0 aliphatic carbocycles. The molecule has 0 bridgehead atoms. The van der Waals surface area contributed by atoms with E-state index in [0.29, 0.717) is 31.2 Å². The Labute approximate surface area is 191 Å². The summed E-state index contributed by atoms with van der Waals surface area (Å²) in [6, 6.07) is 6.79. The van der Waals surface area contributed by atoms with Crippen LogP contribution in [0.4, 0.5) is 0 Å². The highest BCUT2D eigenvalue weighted by atomic mass is 127. The van der Waals surface area contributed by atoms with Crippen LogP contribution >= 0.6 is 24.0 Å². The Hall–Kier alpha value is -0.920. The molecule has 11 heteroatoms. The largest absolute Gasteiger partial charge is 0.357 e. The van der Waals surface area contributed by atoms with Crippen molar-refractivity contribution < 1.29 is 16.8 Å². The van der Waals surface area contributed by atoms with E-state index >= 15 is 0 Å². The number of nitrogens with zero attached hydrogens (tertiary/aromatic N) is 3. The first-order valence-electron chi connectivity index (χ1n) is 9.18. The number of sulfone groups is 1. The zero-order valence-electron chi connectivity index (χ0n) is 17.5. The Morgan fingerprint density at radius 2 is 1.90 bits per heavy atom. The number of nitrogens with one attached hydrogen (secondary N) is 1. The number of hydrogen-bond acceptors (Lipinski definition) is 5. The summed E-state index contributed by atoms with van der Waals surface area (Å²) in [5, 5.41) is 3.19. The molecule has 1 aromatic rings. The first-order chi connectivity index (χ1) is 12.9. The molecule has 8 nitrogen and oxygen atoms in total. The van der Waals surface area contributed by atoms with Gasteiger partial charge in [-0.05, 0) is 32.4 Å². The van der Waals surface area contributed by atoms with Crippen LogP contribution < -0.4 is 5.32 Å². The van der Waals surface area contributed by atoms with Gasteiger partial charge < -0.3 is 10.2 Å². The van der Waals surface area contributed by atoms with Gasteiger partial charge in [-0.15, -0.1) is 24.0 Å². The quantitative estimate of drug-likeness (QED) is 0.335. The number of rotatable bonds is 5. The second kappa shape index (κ2) is 9.92. The molecule has 0 amide bonds. The maximum Gasteiger partial charge on any atom is 0.242 e. The van der Waals surface area contributed by atoms with Gasteiger partial charge in [0.1, 0.15) is 0 Å². The smallest absolute Gasteiger partial charge is 0.242 e. The number of halogens is 1. The summed E-state index contributed by atoms with van der Waals surface area (Å²) in [5.74, 6) is 0.651. The van der Waals surface area contributed by atoms with Gasteiger partial charge in [-0.2, -0.15) is 0 Å². The first-order valence-corrected chi connectivity index (χ1v) is 12.3. The molecule has 0 atom stereocenters. The molecule has 0 unspecified atom stereocenters. The van der Waals surface area contributed by atoms with E-state index in [-0.39, 0.29) is 41.2 Å². The lowest BCUT2D eigenvalue weighted by atomic mass is 10.2. The van der Waals surface area contributed by atoms with Crippen molar-refractivity contribution in [3.63, 3.8) is 0 Å². The highest BCUT2D eigenvalue weighted by Gasteiger charge is 2.41. The van der Waals surface area contributed by atoms with Gasteiger partial charge in [0.15, 0.2) is 15.8 Å². The molecule has 1 fully saturated rings. The van der Waals surface area contributed by atoms with E-state index in [1.54, 1.807) is 38.1 Å². The van der Waals surface area contributed by atoms with E-state index in [1.807, 2.05) is 11.8 Å². The van der Waals surface area contributed by atoms with Crippen LogP contribution in [0, 0.1) is 0 Å². The lowest BCUT2D eigenvalue weighted by Crippen LogP contribution is -2.57. The summed E-state index contributed by atoms with van der Waals surface area (Å²) >= 11 is 0. The van der Waals surface area contributed by atoms with E-state index in [9.17, 15) is 16.8 Å². The minimum absolute atomic E-state index is 0. The molecular formula is C18H31IN4O4S2. The summed E-state index contributed by atoms with van der Waals surface area (Å²) in [7, 11) is -3.74. The predicted octanol–water partition coefficient (Wildman–Crippen LogP) is 1.53. The topological polar surface area (TPSA) is 99.2 Å². The van der Waals surface area contributed by atoms with Crippen LogP contribution in [0.3, 0.4) is 0 Å². The Morgan fingerprint density at radius 1 is 1.28 bits per heavy atom. The van der Waals surface area contributed by atoms with Crippen LogP contribution in [-0.2, 0) is 26.4 Å². The standard InChI is InChI=1S/C18H30N4O4S2.HI/c1-6-19-17(22-11-12-27(23,24)18(2,3)14-22)20-13-15-9-7-8-10-16(15)28(25,26)21(4)5;/h7-10H,6,11-14H2,1-5H3,(H,19,20);1H. The van der Waals surface area contributed by atoms with Gasteiger partial charge in [-0.25, -0.2) is 26.1 Å². The maximum atomic E-state index is 12.6. The molecule has 29 heavy (non-hydrogen) atoms. The van der Waals surface area contributed by atoms with Crippen molar-refractivity contribution in [2.45, 2.75) is 37.0 Å². The van der Waals surface area contributed by atoms with Crippen molar-refractivity contribution in [2.24, 2.45) is 4.99 Å². The third-order valence-corrected chi connectivity index (χ3v) is 9.26. The monoisotopic (exact) mass is 558 g/mol. The fourth-order valence-corrected chi connectivity index (χ4v) is 5.47. The van der Waals surface area contributed by atoms with Gasteiger partial charge >= 0.3 is 0 Å². The van der Waals surface area contributed by atoms with Crippen LogP contribution in [-0.4, -0.2) is 76.2 Å². The van der Waals surface area contributed by atoms with Crippen LogP contribution in [0.2, 0.25) is 0 Å². The zero-order chi connectivity index (χ0) is 21.2. The average molecular weight is 559 g/mol. The third kappa shape index (κ3) is 5.82. The lowest BCUT2D eigenvalue weighted by molar-refractivity contribution is 0.353. The van der Waals surface area contributed by atoms with Gasteiger partial charge in [0.2, 0.25) is 10.0 Å². The van der Waals surface area contributed by atoms with Crippen molar-refractivity contribution in [3.8, 4) is 0 Å². The summed E-state index contributed by atoms with van der Waals surface area (Å²) in [6.45, 7) is 6.86. The number of benzene rings is 1. The van der Waals surface area contributed by atoms with Crippen LogP contribution in [0.25, 0.3) is 0 Å². The van der Waals surface area contributed by atoms with Gasteiger partial charge in [0, 0.05) is 33.7 Å². The number of guanidine groups is 1. The maximum absolute atomic E-state index is 12.6. The van der Waals surface area contributed by atoms with Crippen LogP contribution in [0.15, 0.2) is 34.2 Å². The molecule has 0 saturated carbocycles. The minimum Gasteiger partial charge on any atom is -0.357 e. The zero-order valence-corrected chi connectivity index (χ0v) is 21.5. The van der Waals surface area contributed by atoms with Crippen molar-refractivity contribution in [1.82, 2.24) is 14.5 Å². The van der Waals surface area contributed by atoms with E-state index in [2.05, 4.69) is 10.3 Å².